The van der Waals surface area contributed by atoms with Crippen LogP contribution in [0.2, 0.25) is 0 Å². The number of benzene rings is 2. The van der Waals surface area contributed by atoms with Crippen molar-refractivity contribution in [3.05, 3.63) is 48.0 Å². The standard InChI is InChI=1S/C20H23N3O3/c1-4-25-18-12-17(23-20(24)15-9-7-6-8-10-15)19(26-5-2)11-16(18)22-14(3)13-21/h6-12,14,22H,4-5H2,1-3H3,(H,23,24)/t14-/m1/s1. The van der Waals surface area contributed by atoms with E-state index in [2.05, 4.69) is 16.7 Å². The highest BCUT2D eigenvalue weighted by molar-refractivity contribution is 6.05. The van der Waals surface area contributed by atoms with Crippen LogP contribution in [-0.2, 0) is 0 Å². The zero-order chi connectivity index (χ0) is 18.9. The van der Waals surface area contributed by atoms with Crippen molar-refractivity contribution in [3.63, 3.8) is 0 Å². The molecule has 0 fully saturated rings. The molecule has 0 unspecified atom stereocenters. The van der Waals surface area contributed by atoms with E-state index in [0.717, 1.165) is 0 Å². The maximum absolute atomic E-state index is 12.5. The monoisotopic (exact) mass is 353 g/mol. The van der Waals surface area contributed by atoms with Crippen LogP contribution in [0.1, 0.15) is 31.1 Å². The van der Waals surface area contributed by atoms with Crippen molar-refractivity contribution >= 4 is 17.3 Å². The average molecular weight is 353 g/mol. The van der Waals surface area contributed by atoms with Gasteiger partial charge in [-0.3, -0.25) is 4.79 Å². The summed E-state index contributed by atoms with van der Waals surface area (Å²) < 4.78 is 11.3. The van der Waals surface area contributed by atoms with Crippen molar-refractivity contribution in [2.75, 3.05) is 23.8 Å². The van der Waals surface area contributed by atoms with Gasteiger partial charge in [0.2, 0.25) is 0 Å². The first-order chi connectivity index (χ1) is 12.6. The molecular weight excluding hydrogens is 330 g/mol. The number of nitrogens with one attached hydrogen (secondary N) is 2. The predicted molar refractivity (Wildman–Crippen MR) is 102 cm³/mol. The maximum atomic E-state index is 12.5. The van der Waals surface area contributed by atoms with Gasteiger partial charge in [0.1, 0.15) is 17.5 Å². The Morgan fingerprint density at radius 3 is 2.23 bits per heavy atom. The van der Waals surface area contributed by atoms with Crippen LogP contribution in [0.5, 0.6) is 11.5 Å². The third-order valence-corrected chi connectivity index (χ3v) is 3.53. The first-order valence-corrected chi connectivity index (χ1v) is 8.55. The van der Waals surface area contributed by atoms with E-state index < -0.39 is 6.04 Å². The van der Waals surface area contributed by atoms with E-state index in [1.54, 1.807) is 43.3 Å². The van der Waals surface area contributed by atoms with Crippen molar-refractivity contribution in [1.82, 2.24) is 0 Å². The molecule has 0 heterocycles. The van der Waals surface area contributed by atoms with E-state index in [4.69, 9.17) is 14.7 Å². The minimum absolute atomic E-state index is 0.236. The van der Waals surface area contributed by atoms with Crippen molar-refractivity contribution in [1.29, 1.82) is 5.26 Å². The summed E-state index contributed by atoms with van der Waals surface area (Å²) in [6, 6.07) is 14.1. The molecule has 0 spiro atoms. The zero-order valence-electron chi connectivity index (χ0n) is 15.2. The summed E-state index contributed by atoms with van der Waals surface area (Å²) in [5.41, 5.74) is 1.70. The Labute approximate surface area is 153 Å². The molecule has 6 heteroatoms. The summed E-state index contributed by atoms with van der Waals surface area (Å²) in [4.78, 5) is 12.5. The van der Waals surface area contributed by atoms with E-state index >= 15 is 0 Å². The Bertz CT molecular complexity index is 785. The quantitative estimate of drug-likeness (QED) is 0.748. The second kappa shape index (κ2) is 9.33. The highest BCUT2D eigenvalue weighted by Crippen LogP contribution is 2.37. The molecule has 1 amide bonds. The number of nitrogens with zero attached hydrogens (tertiary/aromatic N) is 1. The summed E-state index contributed by atoms with van der Waals surface area (Å²) in [6.07, 6.45) is 0. The zero-order valence-corrected chi connectivity index (χ0v) is 15.2. The van der Waals surface area contributed by atoms with Gasteiger partial charge in [-0.2, -0.15) is 5.26 Å². The highest BCUT2D eigenvalue weighted by Gasteiger charge is 2.16. The summed E-state index contributed by atoms with van der Waals surface area (Å²) in [5.74, 6) is 0.814. The second-order valence-electron chi connectivity index (χ2n) is 5.53. The fourth-order valence-electron chi connectivity index (χ4n) is 2.37. The number of amides is 1. The van der Waals surface area contributed by atoms with Gasteiger partial charge in [-0.15, -0.1) is 0 Å². The van der Waals surface area contributed by atoms with Gasteiger partial charge in [-0.05, 0) is 32.9 Å². The molecule has 0 radical (unpaired) electrons. The molecular formula is C20H23N3O3. The van der Waals surface area contributed by atoms with E-state index in [-0.39, 0.29) is 5.91 Å². The molecule has 0 saturated carbocycles. The second-order valence-corrected chi connectivity index (χ2v) is 5.53. The van der Waals surface area contributed by atoms with Crippen molar-refractivity contribution in [2.45, 2.75) is 26.8 Å². The van der Waals surface area contributed by atoms with E-state index in [0.29, 0.717) is 41.7 Å². The molecule has 0 bridgehead atoms. The molecule has 2 rings (SSSR count). The van der Waals surface area contributed by atoms with E-state index in [1.165, 1.54) is 0 Å². The van der Waals surface area contributed by atoms with Crippen molar-refractivity contribution < 1.29 is 14.3 Å². The fourth-order valence-corrected chi connectivity index (χ4v) is 2.37. The third kappa shape index (κ3) is 4.90. The minimum Gasteiger partial charge on any atom is -0.492 e. The van der Waals surface area contributed by atoms with E-state index in [9.17, 15) is 4.79 Å². The van der Waals surface area contributed by atoms with Crippen LogP contribution in [0.15, 0.2) is 42.5 Å². The Balaban J connectivity index is 2.38. The Kier molecular flexibility index (Phi) is 6.86. The highest BCUT2D eigenvalue weighted by atomic mass is 16.5. The summed E-state index contributed by atoms with van der Waals surface area (Å²) >= 11 is 0. The lowest BCUT2D eigenvalue weighted by Crippen LogP contribution is -2.16. The molecule has 0 aliphatic heterocycles. The molecule has 2 aromatic carbocycles. The lowest BCUT2D eigenvalue weighted by molar-refractivity contribution is 0.102. The molecule has 0 aliphatic carbocycles. The van der Waals surface area contributed by atoms with Gasteiger partial charge in [0, 0.05) is 17.7 Å². The summed E-state index contributed by atoms with van der Waals surface area (Å²) in [5, 5.41) is 15.0. The van der Waals surface area contributed by atoms with Crippen LogP contribution in [0.3, 0.4) is 0 Å². The van der Waals surface area contributed by atoms with E-state index in [1.807, 2.05) is 19.9 Å². The summed E-state index contributed by atoms with van der Waals surface area (Å²) in [6.45, 7) is 6.38. The lowest BCUT2D eigenvalue weighted by atomic mass is 10.2. The van der Waals surface area contributed by atoms with Gasteiger partial charge < -0.3 is 20.1 Å². The van der Waals surface area contributed by atoms with Gasteiger partial charge in [0.15, 0.2) is 0 Å². The van der Waals surface area contributed by atoms with Gasteiger partial charge in [-0.1, -0.05) is 18.2 Å². The van der Waals surface area contributed by atoms with Crippen LogP contribution in [0.25, 0.3) is 0 Å². The van der Waals surface area contributed by atoms with Crippen LogP contribution in [0, 0.1) is 11.3 Å². The predicted octanol–water partition coefficient (Wildman–Crippen LogP) is 4.06. The third-order valence-electron chi connectivity index (χ3n) is 3.53. The normalized spacial score (nSPS) is 11.2. The number of hydrogen-bond donors (Lipinski definition) is 2. The van der Waals surface area contributed by atoms with Crippen molar-refractivity contribution in [3.8, 4) is 17.6 Å². The Morgan fingerprint density at radius 1 is 1.08 bits per heavy atom. The van der Waals surface area contributed by atoms with Crippen LogP contribution >= 0.6 is 0 Å². The van der Waals surface area contributed by atoms with Crippen LogP contribution < -0.4 is 20.1 Å². The van der Waals surface area contributed by atoms with Gasteiger partial charge in [0.25, 0.3) is 5.91 Å². The first kappa shape index (κ1) is 19.1. The fraction of sp³-hybridized carbons (Fsp3) is 0.300. The number of ether oxygens (including phenoxy) is 2. The Morgan fingerprint density at radius 2 is 1.65 bits per heavy atom. The molecule has 26 heavy (non-hydrogen) atoms. The maximum Gasteiger partial charge on any atom is 0.255 e. The molecule has 0 saturated heterocycles. The molecule has 136 valence electrons. The van der Waals surface area contributed by atoms with Crippen LogP contribution in [0.4, 0.5) is 11.4 Å². The molecule has 6 nitrogen and oxygen atoms in total. The first-order valence-electron chi connectivity index (χ1n) is 8.55. The molecule has 2 aromatic rings. The number of rotatable bonds is 8. The molecule has 2 N–H and O–H groups in total. The van der Waals surface area contributed by atoms with Crippen LogP contribution in [-0.4, -0.2) is 25.2 Å². The van der Waals surface area contributed by atoms with Gasteiger partial charge in [-0.25, -0.2) is 0 Å². The minimum atomic E-state index is -0.395. The number of nitriles is 1. The number of hydrogen-bond acceptors (Lipinski definition) is 5. The lowest BCUT2D eigenvalue weighted by Gasteiger charge is -2.19. The van der Waals surface area contributed by atoms with Gasteiger partial charge in [0.05, 0.1) is 30.7 Å². The molecule has 0 aliphatic rings. The summed E-state index contributed by atoms with van der Waals surface area (Å²) in [7, 11) is 0. The molecule has 1 atom stereocenters. The molecule has 0 aromatic heterocycles. The number of anilines is 2. The number of carbonyl (C=O) groups excluding carboxylic acids is 1. The average Bonchev–Trinajstić information content (AvgIpc) is 2.65. The Hall–Kier alpha value is -3.20. The smallest absolute Gasteiger partial charge is 0.255 e. The topological polar surface area (TPSA) is 83.4 Å². The van der Waals surface area contributed by atoms with Gasteiger partial charge >= 0.3 is 0 Å². The number of carbonyl (C=O) groups is 1. The van der Waals surface area contributed by atoms with Crippen molar-refractivity contribution in [2.24, 2.45) is 0 Å². The SMILES string of the molecule is CCOc1cc(N[C@H](C)C#N)c(OCC)cc1NC(=O)c1ccccc1. The largest absolute Gasteiger partial charge is 0.492 e.